The van der Waals surface area contributed by atoms with Crippen LogP contribution >= 0.6 is 11.6 Å². The van der Waals surface area contributed by atoms with Crippen LogP contribution in [0, 0.1) is 0 Å². The number of sulfone groups is 1. The minimum absolute atomic E-state index is 0.0358. The van der Waals surface area contributed by atoms with Gasteiger partial charge in [0.2, 0.25) is 15.7 Å². The predicted octanol–water partition coefficient (Wildman–Crippen LogP) is 4.25. The van der Waals surface area contributed by atoms with Crippen molar-refractivity contribution in [3.05, 3.63) is 65.7 Å². The van der Waals surface area contributed by atoms with Crippen LogP contribution in [-0.4, -0.2) is 42.2 Å². The standard InChI is InChI=1S/C23H23ClN2O6S/c1-30-19-11-9-15(13-17(19)24)26-21(27)14-25-18-10-12-20(31-2)22(32-3)23(18)33(28,29)16-7-5-4-6-8-16/h4-13,25H,14H2,1-3H3,(H,26,27). The lowest BCUT2D eigenvalue weighted by Crippen LogP contribution is -2.23. The summed E-state index contributed by atoms with van der Waals surface area (Å²) in [5.41, 5.74) is 0.663. The summed E-state index contributed by atoms with van der Waals surface area (Å²) in [6.07, 6.45) is 0. The molecule has 3 aromatic carbocycles. The van der Waals surface area contributed by atoms with E-state index in [2.05, 4.69) is 10.6 Å². The molecule has 0 bridgehead atoms. The van der Waals surface area contributed by atoms with Crippen molar-refractivity contribution < 1.29 is 27.4 Å². The van der Waals surface area contributed by atoms with Crippen molar-refractivity contribution in [1.82, 2.24) is 0 Å². The summed E-state index contributed by atoms with van der Waals surface area (Å²) >= 11 is 6.09. The van der Waals surface area contributed by atoms with Crippen molar-refractivity contribution in [3.63, 3.8) is 0 Å². The maximum absolute atomic E-state index is 13.4. The second-order valence-corrected chi connectivity index (χ2v) is 9.04. The summed E-state index contributed by atoms with van der Waals surface area (Å²) in [4.78, 5) is 12.5. The zero-order valence-corrected chi connectivity index (χ0v) is 19.8. The van der Waals surface area contributed by atoms with Crippen LogP contribution in [0.2, 0.25) is 5.02 Å². The molecule has 10 heteroatoms. The first-order valence-corrected chi connectivity index (χ1v) is 11.6. The molecule has 0 fully saturated rings. The van der Waals surface area contributed by atoms with E-state index in [1.54, 1.807) is 42.5 Å². The highest BCUT2D eigenvalue weighted by Crippen LogP contribution is 2.42. The van der Waals surface area contributed by atoms with E-state index < -0.39 is 15.7 Å². The van der Waals surface area contributed by atoms with Crippen molar-refractivity contribution in [1.29, 1.82) is 0 Å². The highest BCUT2D eigenvalue weighted by atomic mass is 35.5. The Balaban J connectivity index is 1.90. The van der Waals surface area contributed by atoms with Crippen molar-refractivity contribution in [2.45, 2.75) is 9.79 Å². The smallest absolute Gasteiger partial charge is 0.243 e. The molecule has 0 aliphatic heterocycles. The Morgan fingerprint density at radius 3 is 2.18 bits per heavy atom. The van der Waals surface area contributed by atoms with Crippen LogP contribution in [-0.2, 0) is 14.6 Å². The van der Waals surface area contributed by atoms with Gasteiger partial charge in [0.25, 0.3) is 0 Å². The van der Waals surface area contributed by atoms with Crippen LogP contribution in [0.5, 0.6) is 17.2 Å². The molecule has 3 aromatic rings. The summed E-state index contributed by atoms with van der Waals surface area (Å²) in [5.74, 6) is 0.353. The maximum atomic E-state index is 13.4. The maximum Gasteiger partial charge on any atom is 0.243 e. The minimum atomic E-state index is -4.00. The fourth-order valence-corrected chi connectivity index (χ4v) is 5.01. The van der Waals surface area contributed by atoms with Crippen LogP contribution in [0.15, 0.2) is 70.5 Å². The van der Waals surface area contributed by atoms with Gasteiger partial charge in [0.15, 0.2) is 11.5 Å². The third-order valence-corrected chi connectivity index (χ3v) is 6.83. The van der Waals surface area contributed by atoms with E-state index in [0.29, 0.717) is 16.5 Å². The van der Waals surface area contributed by atoms with Crippen LogP contribution in [0.3, 0.4) is 0 Å². The summed E-state index contributed by atoms with van der Waals surface area (Å²) in [5, 5.41) is 5.93. The molecule has 8 nitrogen and oxygen atoms in total. The Bertz CT molecular complexity index is 1250. The first kappa shape index (κ1) is 24.2. The molecular formula is C23H23ClN2O6S. The highest BCUT2D eigenvalue weighted by molar-refractivity contribution is 7.91. The zero-order chi connectivity index (χ0) is 24.0. The lowest BCUT2D eigenvalue weighted by atomic mass is 10.2. The number of carbonyl (C=O) groups is 1. The third-order valence-electron chi connectivity index (χ3n) is 4.70. The van der Waals surface area contributed by atoms with E-state index >= 15 is 0 Å². The van der Waals surface area contributed by atoms with Gasteiger partial charge in [-0.3, -0.25) is 4.79 Å². The van der Waals surface area contributed by atoms with Gasteiger partial charge in [-0.05, 0) is 42.5 Å². The molecule has 0 saturated carbocycles. The van der Waals surface area contributed by atoms with Gasteiger partial charge in [-0.25, -0.2) is 8.42 Å². The molecule has 0 saturated heterocycles. The minimum Gasteiger partial charge on any atom is -0.495 e. The molecule has 0 unspecified atom stereocenters. The molecule has 0 atom stereocenters. The molecule has 0 aliphatic rings. The van der Waals surface area contributed by atoms with Crippen molar-refractivity contribution >= 4 is 38.7 Å². The molecule has 1 amide bonds. The first-order valence-electron chi connectivity index (χ1n) is 9.74. The summed E-state index contributed by atoms with van der Waals surface area (Å²) in [6, 6.07) is 15.8. The van der Waals surface area contributed by atoms with Gasteiger partial charge < -0.3 is 24.8 Å². The number of ether oxygens (including phenoxy) is 3. The van der Waals surface area contributed by atoms with Crippen molar-refractivity contribution in [2.75, 3.05) is 38.5 Å². The molecule has 0 radical (unpaired) electrons. The molecule has 0 heterocycles. The molecule has 0 aromatic heterocycles. The van der Waals surface area contributed by atoms with E-state index in [1.165, 1.54) is 39.5 Å². The highest BCUT2D eigenvalue weighted by Gasteiger charge is 2.29. The number of benzene rings is 3. The van der Waals surface area contributed by atoms with Crippen molar-refractivity contribution in [3.8, 4) is 17.2 Å². The lowest BCUT2D eigenvalue weighted by Gasteiger charge is -2.18. The van der Waals surface area contributed by atoms with Gasteiger partial charge in [-0.15, -0.1) is 0 Å². The Morgan fingerprint density at radius 1 is 0.909 bits per heavy atom. The SMILES string of the molecule is COc1ccc(NC(=O)CNc2ccc(OC)c(OC)c2S(=O)(=O)c2ccccc2)cc1Cl. The van der Waals surface area contributed by atoms with Gasteiger partial charge in [0.05, 0.1) is 43.5 Å². The van der Waals surface area contributed by atoms with E-state index in [1.807, 2.05) is 0 Å². The quantitative estimate of drug-likeness (QED) is 0.462. The number of methoxy groups -OCH3 is 3. The Morgan fingerprint density at radius 2 is 1.58 bits per heavy atom. The summed E-state index contributed by atoms with van der Waals surface area (Å²) in [7, 11) is 0.265. The monoisotopic (exact) mass is 490 g/mol. The molecule has 3 rings (SSSR count). The Hall–Kier alpha value is -3.43. The Kier molecular flexibility index (Phi) is 7.67. The number of nitrogens with one attached hydrogen (secondary N) is 2. The number of amides is 1. The summed E-state index contributed by atoms with van der Waals surface area (Å²) < 4.78 is 42.6. The van der Waals surface area contributed by atoms with Crippen LogP contribution in [0.25, 0.3) is 0 Å². The van der Waals surface area contributed by atoms with E-state index in [4.69, 9.17) is 25.8 Å². The topological polar surface area (TPSA) is 103 Å². The molecule has 174 valence electrons. The number of rotatable bonds is 9. The van der Waals surface area contributed by atoms with Crippen LogP contribution in [0.4, 0.5) is 11.4 Å². The number of anilines is 2. The fourth-order valence-electron chi connectivity index (χ4n) is 3.15. The van der Waals surface area contributed by atoms with Crippen LogP contribution < -0.4 is 24.8 Å². The normalized spacial score (nSPS) is 10.9. The van der Waals surface area contributed by atoms with E-state index in [9.17, 15) is 13.2 Å². The van der Waals surface area contributed by atoms with Gasteiger partial charge >= 0.3 is 0 Å². The Labute approximate surface area is 197 Å². The number of hydrogen-bond acceptors (Lipinski definition) is 7. The van der Waals surface area contributed by atoms with E-state index in [0.717, 1.165) is 0 Å². The molecular weight excluding hydrogens is 468 g/mol. The fraction of sp³-hybridized carbons (Fsp3) is 0.174. The average Bonchev–Trinajstić information content (AvgIpc) is 2.82. The van der Waals surface area contributed by atoms with Gasteiger partial charge in [-0.2, -0.15) is 0 Å². The van der Waals surface area contributed by atoms with Gasteiger partial charge in [0, 0.05) is 5.69 Å². The second-order valence-electron chi connectivity index (χ2n) is 6.75. The van der Waals surface area contributed by atoms with Gasteiger partial charge in [0.1, 0.15) is 10.6 Å². The summed E-state index contributed by atoms with van der Waals surface area (Å²) in [6.45, 7) is -0.212. The lowest BCUT2D eigenvalue weighted by molar-refractivity contribution is -0.114. The molecule has 33 heavy (non-hydrogen) atoms. The van der Waals surface area contributed by atoms with Gasteiger partial charge in [-0.1, -0.05) is 29.8 Å². The third kappa shape index (κ3) is 5.32. The average molecular weight is 491 g/mol. The largest absolute Gasteiger partial charge is 0.495 e. The second kappa shape index (κ2) is 10.5. The first-order chi connectivity index (χ1) is 15.8. The molecule has 0 spiro atoms. The van der Waals surface area contributed by atoms with E-state index in [-0.39, 0.29) is 33.5 Å². The molecule has 2 N–H and O–H groups in total. The predicted molar refractivity (Wildman–Crippen MR) is 127 cm³/mol. The van der Waals surface area contributed by atoms with Crippen LogP contribution in [0.1, 0.15) is 0 Å². The number of halogens is 1. The number of hydrogen-bond donors (Lipinski definition) is 2. The zero-order valence-electron chi connectivity index (χ0n) is 18.2. The van der Waals surface area contributed by atoms with Crippen molar-refractivity contribution in [2.24, 2.45) is 0 Å². The number of carbonyl (C=O) groups excluding carboxylic acids is 1. The molecule has 0 aliphatic carbocycles.